The first-order valence-electron chi connectivity index (χ1n) is 7.79. The van der Waals surface area contributed by atoms with Gasteiger partial charge in [0.15, 0.2) is 5.69 Å². The maximum atomic E-state index is 11.5. The summed E-state index contributed by atoms with van der Waals surface area (Å²) < 4.78 is 6.21. The molecule has 1 aromatic rings. The lowest BCUT2D eigenvalue weighted by Crippen LogP contribution is -2.04. The highest BCUT2D eigenvalue weighted by Crippen LogP contribution is 2.07. The zero-order valence-electron chi connectivity index (χ0n) is 13.7. The average Bonchev–Trinajstić information content (AvgIpc) is 2.89. The molecule has 0 N–H and O–H groups in total. The zero-order valence-corrected chi connectivity index (χ0v) is 13.7. The second-order valence-corrected chi connectivity index (χ2v) is 5.13. The Kier molecular flexibility index (Phi) is 8.53. The minimum absolute atomic E-state index is 0.232. The maximum Gasteiger partial charge on any atom is 0.359 e. The molecule has 0 amide bonds. The second kappa shape index (κ2) is 10.5. The fraction of sp³-hybridized carbons (Fsp3) is 0.556. The van der Waals surface area contributed by atoms with Crippen LogP contribution in [0.2, 0.25) is 0 Å². The number of carbonyl (C=O) groups is 1. The first-order valence-corrected chi connectivity index (χ1v) is 7.79. The van der Waals surface area contributed by atoms with Crippen molar-refractivity contribution in [2.24, 2.45) is 7.05 Å². The first kappa shape index (κ1) is 17.9. The van der Waals surface area contributed by atoms with Crippen LogP contribution in [0.4, 0.5) is 0 Å². The molecule has 0 bridgehead atoms. The molecule has 4 heteroatoms. The maximum absolute atomic E-state index is 11.5. The normalized spacial score (nSPS) is 9.41. The van der Waals surface area contributed by atoms with Crippen LogP contribution in [0.25, 0.3) is 0 Å². The molecule has 0 spiro atoms. The van der Waals surface area contributed by atoms with E-state index in [9.17, 15) is 4.79 Å². The first-order chi connectivity index (χ1) is 10.7. The second-order valence-electron chi connectivity index (χ2n) is 5.13. The van der Waals surface area contributed by atoms with E-state index in [1.807, 2.05) is 0 Å². The van der Waals surface area contributed by atoms with Crippen LogP contribution >= 0.6 is 0 Å². The summed E-state index contributed by atoms with van der Waals surface area (Å²) in [6.07, 6.45) is 10.1. The number of esters is 1. The van der Waals surface area contributed by atoms with Crippen molar-refractivity contribution in [2.45, 2.75) is 51.9 Å². The number of ether oxygens (including phenoxy) is 1. The van der Waals surface area contributed by atoms with E-state index < -0.39 is 5.97 Å². The molecule has 0 aromatic carbocycles. The van der Waals surface area contributed by atoms with Crippen molar-refractivity contribution < 1.29 is 9.53 Å². The zero-order chi connectivity index (χ0) is 16.2. The van der Waals surface area contributed by atoms with Gasteiger partial charge in [-0.25, -0.2) is 4.79 Å². The number of aromatic nitrogens is 2. The summed E-state index contributed by atoms with van der Waals surface area (Å²) in [6, 6.07) is 0. The van der Waals surface area contributed by atoms with Gasteiger partial charge in [-0.15, -0.1) is 0 Å². The van der Waals surface area contributed by atoms with Gasteiger partial charge in [-0.3, -0.25) is 4.68 Å². The average molecular weight is 300 g/mol. The molecule has 0 aliphatic rings. The summed E-state index contributed by atoms with van der Waals surface area (Å²) in [6.45, 7) is 2.22. The Morgan fingerprint density at radius 1 is 1.23 bits per heavy atom. The molecule has 0 radical (unpaired) electrons. The quantitative estimate of drug-likeness (QED) is 0.441. The lowest BCUT2D eigenvalue weighted by atomic mass is 10.1. The fourth-order valence-corrected chi connectivity index (χ4v) is 2.03. The Morgan fingerprint density at radius 3 is 2.68 bits per heavy atom. The highest BCUT2D eigenvalue weighted by molar-refractivity contribution is 5.90. The standard InChI is InChI=1S/C18H24N2O2/c1-4-5-6-7-8-9-10-11-12-13-14-16-15-20(2)19-17(16)18(21)22-3/h15H,4-10H2,1-3H3. The third-order valence-electron chi connectivity index (χ3n) is 3.21. The minimum atomic E-state index is -0.482. The van der Waals surface area contributed by atoms with Crippen molar-refractivity contribution in [1.82, 2.24) is 9.78 Å². The number of nitrogens with zero attached hydrogens (tertiary/aromatic N) is 2. The van der Waals surface area contributed by atoms with Crippen molar-refractivity contribution in [3.05, 3.63) is 17.5 Å². The lowest BCUT2D eigenvalue weighted by molar-refractivity contribution is 0.0593. The van der Waals surface area contributed by atoms with Crippen LogP contribution in [0.15, 0.2) is 6.20 Å². The van der Waals surface area contributed by atoms with Crippen LogP contribution < -0.4 is 0 Å². The van der Waals surface area contributed by atoms with Crippen LogP contribution in [0, 0.1) is 23.7 Å². The fourth-order valence-electron chi connectivity index (χ4n) is 2.03. The minimum Gasteiger partial charge on any atom is -0.464 e. The Hall–Kier alpha value is -2.20. The van der Waals surface area contributed by atoms with Gasteiger partial charge >= 0.3 is 5.97 Å². The van der Waals surface area contributed by atoms with Gasteiger partial charge in [0.05, 0.1) is 12.7 Å². The van der Waals surface area contributed by atoms with Crippen molar-refractivity contribution in [3.63, 3.8) is 0 Å². The number of hydrogen-bond donors (Lipinski definition) is 0. The molecule has 4 nitrogen and oxygen atoms in total. The highest BCUT2D eigenvalue weighted by Gasteiger charge is 2.14. The molecular weight excluding hydrogens is 276 g/mol. The molecule has 0 aliphatic carbocycles. The van der Waals surface area contributed by atoms with Gasteiger partial charge < -0.3 is 4.74 Å². The predicted octanol–water partition coefficient (Wildman–Crippen LogP) is 3.31. The van der Waals surface area contributed by atoms with Crippen molar-refractivity contribution >= 4 is 5.97 Å². The Morgan fingerprint density at radius 2 is 1.95 bits per heavy atom. The number of methoxy groups -OCH3 is 1. The summed E-state index contributed by atoms with van der Waals surface area (Å²) in [5, 5.41) is 4.04. The third kappa shape index (κ3) is 6.50. The van der Waals surface area contributed by atoms with Crippen molar-refractivity contribution in [3.8, 4) is 23.7 Å². The van der Waals surface area contributed by atoms with Crippen molar-refractivity contribution in [2.75, 3.05) is 7.11 Å². The smallest absolute Gasteiger partial charge is 0.359 e. The van der Waals surface area contributed by atoms with E-state index in [-0.39, 0.29) is 5.69 Å². The number of aryl methyl sites for hydroxylation is 1. The summed E-state index contributed by atoms with van der Waals surface area (Å²) in [5.74, 6) is 11.0. The third-order valence-corrected chi connectivity index (χ3v) is 3.21. The molecule has 0 unspecified atom stereocenters. The van der Waals surface area contributed by atoms with Crippen LogP contribution in [-0.2, 0) is 11.8 Å². The van der Waals surface area contributed by atoms with E-state index in [0.717, 1.165) is 12.8 Å². The topological polar surface area (TPSA) is 44.1 Å². The Balaban J connectivity index is 2.42. The number of rotatable bonds is 7. The molecule has 0 saturated carbocycles. The Labute approximate surface area is 133 Å². The molecule has 0 fully saturated rings. The number of unbranched alkanes of at least 4 members (excludes halogenated alkanes) is 6. The van der Waals surface area contributed by atoms with Gasteiger partial charge in [-0.2, -0.15) is 5.10 Å². The summed E-state index contributed by atoms with van der Waals surface area (Å²) in [7, 11) is 3.07. The van der Waals surface area contributed by atoms with Gasteiger partial charge in [0, 0.05) is 19.7 Å². The molecule has 0 atom stereocenters. The van der Waals surface area contributed by atoms with Gasteiger partial charge in [-0.05, 0) is 24.2 Å². The van der Waals surface area contributed by atoms with E-state index in [1.165, 1.54) is 39.2 Å². The molecule has 0 saturated heterocycles. The highest BCUT2D eigenvalue weighted by atomic mass is 16.5. The number of hydrogen-bond acceptors (Lipinski definition) is 3. The van der Waals surface area contributed by atoms with Crippen LogP contribution in [0.1, 0.15) is 67.9 Å². The predicted molar refractivity (Wildman–Crippen MR) is 87.2 cm³/mol. The molecule has 1 aromatic heterocycles. The monoisotopic (exact) mass is 300 g/mol. The summed E-state index contributed by atoms with van der Waals surface area (Å²) in [4.78, 5) is 11.5. The SMILES string of the molecule is CCCCCCCCC#CC#Cc1cn(C)nc1C(=O)OC. The van der Waals surface area contributed by atoms with Crippen molar-refractivity contribution in [1.29, 1.82) is 0 Å². The van der Waals surface area contributed by atoms with Gasteiger partial charge in [-0.1, -0.05) is 44.9 Å². The molecular formula is C18H24N2O2. The Bertz CT molecular complexity index is 594. The van der Waals surface area contributed by atoms with E-state index in [0.29, 0.717) is 5.56 Å². The molecule has 22 heavy (non-hydrogen) atoms. The molecule has 1 rings (SSSR count). The number of carbonyl (C=O) groups excluding carboxylic acids is 1. The van der Waals surface area contributed by atoms with Crippen LogP contribution in [0.5, 0.6) is 0 Å². The van der Waals surface area contributed by atoms with E-state index in [1.54, 1.807) is 17.9 Å². The molecule has 0 aliphatic heterocycles. The van der Waals surface area contributed by atoms with E-state index in [2.05, 4.69) is 40.4 Å². The van der Waals surface area contributed by atoms with Gasteiger partial charge in [0.25, 0.3) is 0 Å². The van der Waals surface area contributed by atoms with Crippen LogP contribution in [-0.4, -0.2) is 22.9 Å². The van der Waals surface area contributed by atoms with Gasteiger partial charge in [0.1, 0.15) is 0 Å². The summed E-state index contributed by atoms with van der Waals surface area (Å²) >= 11 is 0. The summed E-state index contributed by atoms with van der Waals surface area (Å²) in [5.41, 5.74) is 0.776. The van der Waals surface area contributed by atoms with E-state index in [4.69, 9.17) is 0 Å². The largest absolute Gasteiger partial charge is 0.464 e. The molecule has 118 valence electrons. The van der Waals surface area contributed by atoms with Gasteiger partial charge in [0.2, 0.25) is 0 Å². The van der Waals surface area contributed by atoms with E-state index >= 15 is 0 Å². The van der Waals surface area contributed by atoms with Crippen LogP contribution in [0.3, 0.4) is 0 Å². The lowest BCUT2D eigenvalue weighted by Gasteiger charge is -1.96. The molecule has 1 heterocycles.